The monoisotopic (exact) mass is 318 g/mol. The number of nitrogens with zero attached hydrogens (tertiary/aromatic N) is 5. The summed E-state index contributed by atoms with van der Waals surface area (Å²) >= 11 is 0. The fourth-order valence-corrected chi connectivity index (χ4v) is 2.58. The van der Waals surface area contributed by atoms with Gasteiger partial charge in [0.25, 0.3) is 0 Å². The van der Waals surface area contributed by atoms with Gasteiger partial charge < -0.3 is 15.0 Å². The van der Waals surface area contributed by atoms with Crippen molar-refractivity contribution in [3.05, 3.63) is 12.5 Å². The number of hydrogen-bond acceptors (Lipinski definition) is 6. The average Bonchev–Trinajstić information content (AvgIpc) is 2.98. The molecule has 1 saturated heterocycles. The SMILES string of the molecule is CC[C@@H](C)NC(=O)Cn1ncc2c(N3CCOCC3)ncnc21. The molecule has 2 aromatic rings. The number of aromatic nitrogens is 4. The molecule has 2 aromatic heterocycles. The lowest BCUT2D eigenvalue weighted by Crippen LogP contribution is -2.37. The fourth-order valence-electron chi connectivity index (χ4n) is 2.58. The van der Waals surface area contributed by atoms with Gasteiger partial charge in [0, 0.05) is 19.1 Å². The standard InChI is InChI=1S/C15H22N6O2/c1-3-11(2)19-13(22)9-21-15-12(8-18-21)14(16-10-17-15)20-4-6-23-7-5-20/h8,10-11H,3-7,9H2,1-2H3,(H,19,22)/t11-/m1/s1. The van der Waals surface area contributed by atoms with E-state index in [0.29, 0.717) is 18.9 Å². The number of carbonyl (C=O) groups excluding carboxylic acids is 1. The maximum atomic E-state index is 12.1. The number of fused-ring (bicyclic) bond motifs is 1. The topological polar surface area (TPSA) is 85.2 Å². The molecule has 1 N–H and O–H groups in total. The summed E-state index contributed by atoms with van der Waals surface area (Å²) in [5.74, 6) is 0.794. The van der Waals surface area contributed by atoms with Crippen LogP contribution in [0.4, 0.5) is 5.82 Å². The predicted octanol–water partition coefficient (Wildman–Crippen LogP) is 0.578. The summed E-state index contributed by atoms with van der Waals surface area (Å²) in [6, 6.07) is 0.155. The van der Waals surface area contributed by atoms with Crippen molar-refractivity contribution >= 4 is 22.8 Å². The van der Waals surface area contributed by atoms with Crippen LogP contribution < -0.4 is 10.2 Å². The van der Waals surface area contributed by atoms with E-state index < -0.39 is 0 Å². The Morgan fingerprint density at radius 3 is 2.91 bits per heavy atom. The Labute approximate surface area is 134 Å². The minimum atomic E-state index is -0.0594. The van der Waals surface area contributed by atoms with Gasteiger partial charge in [-0.25, -0.2) is 14.6 Å². The van der Waals surface area contributed by atoms with Gasteiger partial charge in [-0.3, -0.25) is 4.79 Å². The molecular weight excluding hydrogens is 296 g/mol. The van der Waals surface area contributed by atoms with Crippen molar-refractivity contribution in [1.82, 2.24) is 25.1 Å². The van der Waals surface area contributed by atoms with Crippen LogP contribution in [-0.4, -0.2) is 58.0 Å². The van der Waals surface area contributed by atoms with E-state index in [9.17, 15) is 4.79 Å². The Balaban J connectivity index is 1.82. The maximum Gasteiger partial charge on any atom is 0.242 e. The summed E-state index contributed by atoms with van der Waals surface area (Å²) in [7, 11) is 0. The zero-order valence-corrected chi connectivity index (χ0v) is 13.5. The molecule has 1 fully saturated rings. The quantitative estimate of drug-likeness (QED) is 0.868. The van der Waals surface area contributed by atoms with Gasteiger partial charge in [0.05, 0.1) is 24.8 Å². The normalized spacial score (nSPS) is 16.5. The summed E-state index contributed by atoms with van der Waals surface area (Å²) < 4.78 is 7.00. The first-order valence-electron chi connectivity index (χ1n) is 7.97. The summed E-state index contributed by atoms with van der Waals surface area (Å²) in [4.78, 5) is 22.9. The van der Waals surface area contributed by atoms with Crippen molar-refractivity contribution in [1.29, 1.82) is 0 Å². The molecule has 1 amide bonds. The predicted molar refractivity (Wildman–Crippen MR) is 86.3 cm³/mol. The Morgan fingerprint density at radius 1 is 1.39 bits per heavy atom. The van der Waals surface area contributed by atoms with E-state index in [0.717, 1.165) is 30.7 Å². The molecule has 0 saturated carbocycles. The number of carbonyl (C=O) groups is 1. The highest BCUT2D eigenvalue weighted by Crippen LogP contribution is 2.23. The third kappa shape index (κ3) is 3.42. The number of morpholine rings is 1. The minimum absolute atomic E-state index is 0.0594. The smallest absolute Gasteiger partial charge is 0.242 e. The van der Waals surface area contributed by atoms with E-state index in [-0.39, 0.29) is 18.5 Å². The van der Waals surface area contributed by atoms with Gasteiger partial charge in [-0.05, 0) is 13.3 Å². The van der Waals surface area contributed by atoms with Crippen LogP contribution in [-0.2, 0) is 16.1 Å². The van der Waals surface area contributed by atoms with Crippen LogP contribution in [0.1, 0.15) is 20.3 Å². The Bertz CT molecular complexity index is 680. The molecule has 23 heavy (non-hydrogen) atoms. The minimum Gasteiger partial charge on any atom is -0.378 e. The fraction of sp³-hybridized carbons (Fsp3) is 0.600. The van der Waals surface area contributed by atoms with E-state index in [4.69, 9.17) is 4.74 Å². The van der Waals surface area contributed by atoms with Crippen molar-refractivity contribution in [2.75, 3.05) is 31.2 Å². The van der Waals surface area contributed by atoms with Crippen LogP contribution in [0.3, 0.4) is 0 Å². The van der Waals surface area contributed by atoms with Crippen LogP contribution in [0, 0.1) is 0 Å². The zero-order valence-electron chi connectivity index (χ0n) is 13.5. The van der Waals surface area contributed by atoms with Gasteiger partial charge in [0.2, 0.25) is 5.91 Å². The molecule has 8 heteroatoms. The second-order valence-electron chi connectivity index (χ2n) is 5.71. The number of rotatable bonds is 5. The van der Waals surface area contributed by atoms with E-state index in [2.05, 4.69) is 25.3 Å². The molecule has 1 atom stereocenters. The van der Waals surface area contributed by atoms with Gasteiger partial charge in [-0.1, -0.05) is 6.92 Å². The number of ether oxygens (including phenoxy) is 1. The van der Waals surface area contributed by atoms with E-state index in [1.165, 1.54) is 6.33 Å². The van der Waals surface area contributed by atoms with Crippen molar-refractivity contribution in [2.45, 2.75) is 32.9 Å². The van der Waals surface area contributed by atoms with Crippen molar-refractivity contribution in [3.63, 3.8) is 0 Å². The molecule has 0 radical (unpaired) electrons. The van der Waals surface area contributed by atoms with E-state index in [1.54, 1.807) is 10.9 Å². The Kier molecular flexibility index (Phi) is 4.71. The Hall–Kier alpha value is -2.22. The molecule has 0 aromatic carbocycles. The molecule has 1 aliphatic heterocycles. The van der Waals surface area contributed by atoms with Crippen LogP contribution >= 0.6 is 0 Å². The molecule has 124 valence electrons. The second-order valence-corrected chi connectivity index (χ2v) is 5.71. The largest absolute Gasteiger partial charge is 0.378 e. The summed E-state index contributed by atoms with van der Waals surface area (Å²) in [5, 5.41) is 8.13. The Morgan fingerprint density at radius 2 is 2.17 bits per heavy atom. The van der Waals surface area contributed by atoms with E-state index >= 15 is 0 Å². The van der Waals surface area contributed by atoms with Gasteiger partial charge in [-0.2, -0.15) is 5.10 Å². The lowest BCUT2D eigenvalue weighted by molar-refractivity contribution is -0.122. The summed E-state index contributed by atoms with van der Waals surface area (Å²) in [5.41, 5.74) is 0.681. The summed E-state index contributed by atoms with van der Waals surface area (Å²) in [6.07, 6.45) is 4.16. The van der Waals surface area contributed by atoms with Crippen LogP contribution in [0.5, 0.6) is 0 Å². The van der Waals surface area contributed by atoms with Gasteiger partial charge in [-0.15, -0.1) is 0 Å². The molecule has 0 unspecified atom stereocenters. The van der Waals surface area contributed by atoms with Gasteiger partial charge >= 0.3 is 0 Å². The van der Waals surface area contributed by atoms with Gasteiger partial charge in [0.15, 0.2) is 5.65 Å². The highest BCUT2D eigenvalue weighted by Gasteiger charge is 2.18. The zero-order chi connectivity index (χ0) is 16.2. The first-order valence-corrected chi connectivity index (χ1v) is 7.97. The molecule has 0 aliphatic carbocycles. The van der Waals surface area contributed by atoms with Crippen molar-refractivity contribution < 1.29 is 9.53 Å². The molecule has 3 heterocycles. The van der Waals surface area contributed by atoms with Gasteiger partial charge in [0.1, 0.15) is 18.7 Å². The van der Waals surface area contributed by atoms with Crippen LogP contribution in [0.25, 0.3) is 11.0 Å². The highest BCUT2D eigenvalue weighted by molar-refractivity contribution is 5.87. The van der Waals surface area contributed by atoms with Crippen LogP contribution in [0.15, 0.2) is 12.5 Å². The molecule has 3 rings (SSSR count). The molecule has 1 aliphatic rings. The molecule has 0 spiro atoms. The second kappa shape index (κ2) is 6.91. The third-order valence-electron chi connectivity index (χ3n) is 4.04. The van der Waals surface area contributed by atoms with Crippen LogP contribution in [0.2, 0.25) is 0 Å². The maximum absolute atomic E-state index is 12.1. The van der Waals surface area contributed by atoms with Crippen molar-refractivity contribution in [2.24, 2.45) is 0 Å². The average molecular weight is 318 g/mol. The lowest BCUT2D eigenvalue weighted by Gasteiger charge is -2.27. The lowest BCUT2D eigenvalue weighted by atomic mass is 10.2. The molecule has 0 bridgehead atoms. The molecular formula is C15H22N6O2. The first kappa shape index (κ1) is 15.7. The summed E-state index contributed by atoms with van der Waals surface area (Å²) in [6.45, 7) is 7.16. The number of hydrogen-bond donors (Lipinski definition) is 1. The number of amides is 1. The number of nitrogens with one attached hydrogen (secondary N) is 1. The third-order valence-corrected chi connectivity index (χ3v) is 4.04. The highest BCUT2D eigenvalue weighted by atomic mass is 16.5. The number of anilines is 1. The first-order chi connectivity index (χ1) is 11.2. The molecule has 8 nitrogen and oxygen atoms in total. The van der Waals surface area contributed by atoms with Crippen molar-refractivity contribution in [3.8, 4) is 0 Å². The van der Waals surface area contributed by atoms with E-state index in [1.807, 2.05) is 13.8 Å².